The topological polar surface area (TPSA) is 90.1 Å². The third-order valence-electron chi connectivity index (χ3n) is 3.65. The molecule has 0 saturated carbocycles. The molecule has 25 heavy (non-hydrogen) atoms. The minimum atomic E-state index is -0.767. The van der Waals surface area contributed by atoms with Crippen LogP contribution in [-0.4, -0.2) is 23.2 Å². The fourth-order valence-electron chi connectivity index (χ4n) is 2.42. The van der Waals surface area contributed by atoms with Gasteiger partial charge in [0.05, 0.1) is 28.5 Å². The van der Waals surface area contributed by atoms with Crippen LogP contribution < -0.4 is 15.8 Å². The van der Waals surface area contributed by atoms with Gasteiger partial charge in [0.25, 0.3) is 5.91 Å². The molecule has 0 aliphatic heterocycles. The number of nitrogens with two attached hydrogens (primary N) is 1. The molecule has 8 heteroatoms. The average molecular weight is 405 g/mol. The van der Waals surface area contributed by atoms with E-state index in [1.54, 1.807) is 31.2 Å². The maximum absolute atomic E-state index is 14.2. The number of halogens is 2. The Kier molecular flexibility index (Phi) is 4.54. The van der Waals surface area contributed by atoms with Crippen molar-refractivity contribution >= 4 is 44.1 Å². The summed E-state index contributed by atoms with van der Waals surface area (Å²) in [5.74, 6) is -0.662. The number of carbonyl (C=O) groups excluding carboxylic acids is 1. The van der Waals surface area contributed by atoms with E-state index >= 15 is 0 Å². The highest BCUT2D eigenvalue weighted by atomic mass is 79.9. The van der Waals surface area contributed by atoms with Crippen LogP contribution in [-0.2, 0) is 0 Å². The summed E-state index contributed by atoms with van der Waals surface area (Å²) >= 11 is 3.39. The fraction of sp³-hybridized carbons (Fsp3) is 0.118. The molecule has 0 unspecified atom stereocenters. The Labute approximate surface area is 151 Å². The Hall–Kier alpha value is -2.74. The molecule has 2 aromatic carbocycles. The van der Waals surface area contributed by atoms with Crippen LogP contribution in [0.3, 0.4) is 0 Å². The van der Waals surface area contributed by atoms with Crippen molar-refractivity contribution in [2.45, 2.75) is 6.92 Å². The lowest BCUT2D eigenvalue weighted by molar-refractivity contribution is 0.0995. The number of hydrogen-bond acceptors (Lipinski definition) is 5. The van der Waals surface area contributed by atoms with Gasteiger partial charge in [-0.3, -0.25) is 4.79 Å². The minimum absolute atomic E-state index is 0.0791. The number of aromatic nitrogens is 2. The van der Waals surface area contributed by atoms with Crippen molar-refractivity contribution in [3.8, 4) is 5.75 Å². The first-order valence-electron chi connectivity index (χ1n) is 7.27. The number of nitrogens with zero attached hydrogens (tertiary/aromatic N) is 2. The molecule has 3 N–H and O–H groups in total. The predicted octanol–water partition coefficient (Wildman–Crippen LogP) is 3.69. The van der Waals surface area contributed by atoms with Gasteiger partial charge in [0, 0.05) is 11.5 Å². The Bertz CT molecular complexity index is 994. The number of carbonyl (C=O) groups is 1. The predicted molar refractivity (Wildman–Crippen MR) is 96.7 cm³/mol. The van der Waals surface area contributed by atoms with Crippen molar-refractivity contribution in [2.75, 3.05) is 12.4 Å². The summed E-state index contributed by atoms with van der Waals surface area (Å²) in [5, 5.41) is 11.3. The van der Waals surface area contributed by atoms with Gasteiger partial charge in [0.15, 0.2) is 5.69 Å². The lowest BCUT2D eigenvalue weighted by atomic mass is 10.1. The molecule has 0 aliphatic carbocycles. The van der Waals surface area contributed by atoms with E-state index in [0.717, 1.165) is 5.56 Å². The molecule has 0 radical (unpaired) electrons. The normalized spacial score (nSPS) is 10.7. The summed E-state index contributed by atoms with van der Waals surface area (Å²) < 4.78 is 20.1. The van der Waals surface area contributed by atoms with Gasteiger partial charge >= 0.3 is 0 Å². The van der Waals surface area contributed by atoms with Gasteiger partial charge in [-0.25, -0.2) is 4.39 Å². The summed E-state index contributed by atoms with van der Waals surface area (Å²) in [6.45, 7) is 1.79. The first-order valence-corrected chi connectivity index (χ1v) is 8.07. The van der Waals surface area contributed by atoms with Crippen LogP contribution in [0, 0.1) is 12.7 Å². The van der Waals surface area contributed by atoms with Crippen LogP contribution in [0.4, 0.5) is 15.8 Å². The monoisotopic (exact) mass is 404 g/mol. The van der Waals surface area contributed by atoms with Gasteiger partial charge in [0.1, 0.15) is 11.6 Å². The second-order valence-corrected chi connectivity index (χ2v) is 6.25. The zero-order valence-corrected chi connectivity index (χ0v) is 15.0. The molecule has 1 heterocycles. The third-order valence-corrected chi connectivity index (χ3v) is 4.27. The largest absolute Gasteiger partial charge is 0.495 e. The lowest BCUT2D eigenvalue weighted by Gasteiger charge is -2.14. The van der Waals surface area contributed by atoms with E-state index in [9.17, 15) is 9.18 Å². The SMILES string of the molecule is COc1cc2nnc(C(N)=O)c(Nc3ccc(C)cc3F)c2cc1Br. The zero-order valence-electron chi connectivity index (χ0n) is 13.4. The van der Waals surface area contributed by atoms with E-state index in [4.69, 9.17) is 10.5 Å². The molecule has 0 bridgehead atoms. The molecule has 0 fully saturated rings. The van der Waals surface area contributed by atoms with Crippen LogP contribution in [0.15, 0.2) is 34.8 Å². The Morgan fingerprint density at radius 3 is 2.68 bits per heavy atom. The number of fused-ring (bicyclic) bond motifs is 1. The van der Waals surface area contributed by atoms with Crippen molar-refractivity contribution in [3.05, 3.63) is 51.9 Å². The number of amides is 1. The molecule has 0 aliphatic rings. The molecule has 1 aromatic heterocycles. The quantitative estimate of drug-likeness (QED) is 0.691. The third kappa shape index (κ3) is 3.25. The maximum atomic E-state index is 14.2. The number of methoxy groups -OCH3 is 1. The molecular formula is C17H14BrFN4O2. The van der Waals surface area contributed by atoms with Crippen molar-refractivity contribution < 1.29 is 13.9 Å². The molecule has 0 spiro atoms. The van der Waals surface area contributed by atoms with Crippen LogP contribution in [0.5, 0.6) is 5.75 Å². The van der Waals surface area contributed by atoms with Gasteiger partial charge in [-0.2, -0.15) is 0 Å². The Morgan fingerprint density at radius 1 is 1.28 bits per heavy atom. The van der Waals surface area contributed by atoms with Crippen LogP contribution >= 0.6 is 15.9 Å². The zero-order chi connectivity index (χ0) is 18.1. The fourth-order valence-corrected chi connectivity index (χ4v) is 2.92. The average Bonchev–Trinajstić information content (AvgIpc) is 2.56. The molecule has 3 rings (SSSR count). The summed E-state index contributed by atoms with van der Waals surface area (Å²) in [6.07, 6.45) is 0. The van der Waals surface area contributed by atoms with E-state index in [0.29, 0.717) is 21.1 Å². The van der Waals surface area contributed by atoms with Crippen molar-refractivity contribution in [1.29, 1.82) is 0 Å². The lowest BCUT2D eigenvalue weighted by Crippen LogP contribution is -2.17. The van der Waals surface area contributed by atoms with E-state index in [-0.39, 0.29) is 17.1 Å². The van der Waals surface area contributed by atoms with Crippen molar-refractivity contribution in [1.82, 2.24) is 10.2 Å². The first kappa shape index (κ1) is 17.1. The molecule has 6 nitrogen and oxygen atoms in total. The molecule has 1 amide bonds. The number of anilines is 2. The molecular weight excluding hydrogens is 391 g/mol. The van der Waals surface area contributed by atoms with Crippen LogP contribution in [0.25, 0.3) is 10.9 Å². The number of aryl methyl sites for hydroxylation is 1. The van der Waals surface area contributed by atoms with Gasteiger partial charge in [-0.1, -0.05) is 6.07 Å². The number of nitrogens with one attached hydrogen (secondary N) is 1. The highest BCUT2D eigenvalue weighted by Crippen LogP contribution is 2.35. The number of ether oxygens (including phenoxy) is 1. The highest BCUT2D eigenvalue weighted by Gasteiger charge is 2.18. The van der Waals surface area contributed by atoms with E-state index in [1.807, 2.05) is 0 Å². The van der Waals surface area contributed by atoms with Gasteiger partial charge in [-0.05, 0) is 46.6 Å². The summed E-state index contributed by atoms with van der Waals surface area (Å²) in [7, 11) is 1.53. The second-order valence-electron chi connectivity index (χ2n) is 5.40. The smallest absolute Gasteiger partial charge is 0.271 e. The van der Waals surface area contributed by atoms with Crippen LogP contribution in [0.1, 0.15) is 16.1 Å². The van der Waals surface area contributed by atoms with Gasteiger partial charge < -0.3 is 15.8 Å². The number of primary amides is 1. The van der Waals surface area contributed by atoms with E-state index < -0.39 is 11.7 Å². The molecule has 3 aromatic rings. The van der Waals surface area contributed by atoms with E-state index in [2.05, 4.69) is 31.4 Å². The number of rotatable bonds is 4. The Balaban J connectivity index is 2.24. The summed E-state index contributed by atoms with van der Waals surface area (Å²) in [4.78, 5) is 11.8. The summed E-state index contributed by atoms with van der Waals surface area (Å²) in [6, 6.07) is 8.10. The first-order chi connectivity index (χ1) is 11.9. The van der Waals surface area contributed by atoms with Crippen molar-refractivity contribution in [2.24, 2.45) is 5.73 Å². The van der Waals surface area contributed by atoms with Gasteiger partial charge in [0.2, 0.25) is 0 Å². The number of hydrogen-bond donors (Lipinski definition) is 2. The number of benzene rings is 2. The molecule has 0 saturated heterocycles. The van der Waals surface area contributed by atoms with E-state index in [1.165, 1.54) is 13.2 Å². The summed E-state index contributed by atoms with van der Waals surface area (Å²) in [5.41, 5.74) is 7.06. The standard InChI is InChI=1S/C17H14BrFN4O2/c1-8-3-4-12(11(19)5-8)21-15-9-6-10(18)14(25-2)7-13(9)22-23-16(15)17(20)24/h3-7H,1-2H3,(H2,20,24)(H,21,22). The highest BCUT2D eigenvalue weighted by molar-refractivity contribution is 9.10. The minimum Gasteiger partial charge on any atom is -0.495 e. The molecule has 0 atom stereocenters. The van der Waals surface area contributed by atoms with Crippen LogP contribution in [0.2, 0.25) is 0 Å². The maximum Gasteiger partial charge on any atom is 0.271 e. The Morgan fingerprint density at radius 2 is 2.04 bits per heavy atom. The second kappa shape index (κ2) is 6.64. The molecule has 128 valence electrons. The van der Waals surface area contributed by atoms with Crippen molar-refractivity contribution in [3.63, 3.8) is 0 Å². The van der Waals surface area contributed by atoms with Gasteiger partial charge in [-0.15, -0.1) is 10.2 Å².